The lowest BCUT2D eigenvalue weighted by Gasteiger charge is -2.26. The molecule has 0 bridgehead atoms. The third kappa shape index (κ3) is 2.87. The Kier molecular flexibility index (Phi) is 4.17. The lowest BCUT2D eigenvalue weighted by atomic mass is 10.1. The molecule has 1 atom stereocenters. The monoisotopic (exact) mass is 321 g/mol. The largest absolute Gasteiger partial charge is 0.353 e. The van der Waals surface area contributed by atoms with Crippen molar-refractivity contribution in [1.29, 1.82) is 0 Å². The highest BCUT2D eigenvalue weighted by atomic mass is 15.2. The Morgan fingerprint density at radius 1 is 1.12 bits per heavy atom. The molecule has 0 amide bonds. The maximum atomic E-state index is 4.86. The maximum Gasteiger partial charge on any atom is 0.204 e. The Bertz CT molecular complexity index is 805. The first-order valence-corrected chi connectivity index (χ1v) is 8.68. The highest BCUT2D eigenvalue weighted by molar-refractivity contribution is 5.79. The summed E-state index contributed by atoms with van der Waals surface area (Å²) in [6, 6.07) is 15.0. The normalized spacial score (nSPS) is 17.0. The van der Waals surface area contributed by atoms with Crippen LogP contribution in [-0.2, 0) is 0 Å². The Balaban J connectivity index is 1.75. The summed E-state index contributed by atoms with van der Waals surface area (Å²) in [5.41, 5.74) is 3.22. The van der Waals surface area contributed by atoms with Crippen LogP contribution in [0.2, 0.25) is 0 Å². The van der Waals surface area contributed by atoms with Gasteiger partial charge in [-0.15, -0.1) is 0 Å². The van der Waals surface area contributed by atoms with Crippen LogP contribution in [0, 0.1) is 0 Å². The molecular weight excluding hydrogens is 298 g/mol. The van der Waals surface area contributed by atoms with Crippen LogP contribution in [0.1, 0.15) is 31.5 Å². The van der Waals surface area contributed by atoms with Crippen molar-refractivity contribution in [3.05, 3.63) is 54.4 Å². The predicted molar refractivity (Wildman–Crippen MR) is 97.3 cm³/mol. The molecule has 5 nitrogen and oxygen atoms in total. The summed E-state index contributed by atoms with van der Waals surface area (Å²) in [7, 11) is 0. The smallest absolute Gasteiger partial charge is 0.204 e. The minimum Gasteiger partial charge on any atom is -0.353 e. The molecular formula is C19H23N5. The van der Waals surface area contributed by atoms with Crippen molar-refractivity contribution in [3.8, 4) is 0 Å². The number of rotatable bonds is 4. The molecule has 1 aliphatic heterocycles. The lowest BCUT2D eigenvalue weighted by Crippen LogP contribution is -2.36. The molecule has 1 aromatic carbocycles. The van der Waals surface area contributed by atoms with Gasteiger partial charge in [-0.2, -0.15) is 0 Å². The number of nitrogens with one attached hydrogen (secondary N) is 2. The van der Waals surface area contributed by atoms with Gasteiger partial charge in [0, 0.05) is 12.2 Å². The average Bonchev–Trinajstić information content (AvgIpc) is 3.00. The first kappa shape index (κ1) is 15.1. The van der Waals surface area contributed by atoms with Gasteiger partial charge in [0.05, 0.1) is 22.8 Å². The van der Waals surface area contributed by atoms with E-state index in [2.05, 4.69) is 51.4 Å². The van der Waals surface area contributed by atoms with Crippen molar-refractivity contribution in [2.24, 2.45) is 0 Å². The number of anilines is 1. The molecule has 3 aromatic rings. The van der Waals surface area contributed by atoms with E-state index >= 15 is 0 Å². The number of hydrogen-bond acceptors (Lipinski definition) is 4. The van der Waals surface area contributed by atoms with Gasteiger partial charge < -0.3 is 15.2 Å². The van der Waals surface area contributed by atoms with Crippen LogP contribution in [0.15, 0.2) is 48.7 Å². The number of piperidine rings is 1. The van der Waals surface area contributed by atoms with Crippen LogP contribution >= 0.6 is 0 Å². The molecule has 124 valence electrons. The number of benzene rings is 1. The summed E-state index contributed by atoms with van der Waals surface area (Å²) < 4.78 is 2.28. The van der Waals surface area contributed by atoms with Gasteiger partial charge in [-0.25, -0.2) is 4.98 Å². The quantitative estimate of drug-likeness (QED) is 0.775. The second-order valence-corrected chi connectivity index (χ2v) is 6.39. The fourth-order valence-corrected chi connectivity index (χ4v) is 3.44. The Morgan fingerprint density at radius 3 is 2.71 bits per heavy atom. The maximum absolute atomic E-state index is 4.86. The van der Waals surface area contributed by atoms with Gasteiger partial charge in [0.25, 0.3) is 0 Å². The number of aromatic nitrogens is 3. The van der Waals surface area contributed by atoms with E-state index in [0.29, 0.717) is 6.04 Å². The number of nitrogens with zero attached hydrogens (tertiary/aromatic N) is 3. The second kappa shape index (κ2) is 6.61. The Labute approximate surface area is 142 Å². The van der Waals surface area contributed by atoms with E-state index in [1.807, 2.05) is 24.4 Å². The van der Waals surface area contributed by atoms with E-state index in [1.54, 1.807) is 0 Å². The molecule has 0 aliphatic carbocycles. The molecule has 4 rings (SSSR count). The molecule has 1 aliphatic rings. The molecule has 24 heavy (non-hydrogen) atoms. The van der Waals surface area contributed by atoms with Crippen LogP contribution in [0.5, 0.6) is 0 Å². The fourth-order valence-electron chi connectivity index (χ4n) is 3.44. The number of hydrogen-bond donors (Lipinski definition) is 2. The van der Waals surface area contributed by atoms with Crippen molar-refractivity contribution >= 4 is 17.0 Å². The van der Waals surface area contributed by atoms with Crippen molar-refractivity contribution in [3.63, 3.8) is 0 Å². The minimum absolute atomic E-state index is 0.128. The van der Waals surface area contributed by atoms with Gasteiger partial charge in [-0.1, -0.05) is 18.2 Å². The summed E-state index contributed by atoms with van der Waals surface area (Å²) >= 11 is 0. The zero-order chi connectivity index (χ0) is 16.4. The molecule has 1 saturated heterocycles. The van der Waals surface area contributed by atoms with Crippen molar-refractivity contribution in [2.75, 3.05) is 18.4 Å². The van der Waals surface area contributed by atoms with Crippen LogP contribution in [0.3, 0.4) is 0 Å². The van der Waals surface area contributed by atoms with Crippen molar-refractivity contribution in [2.45, 2.75) is 31.8 Å². The van der Waals surface area contributed by atoms with Gasteiger partial charge in [0.2, 0.25) is 5.95 Å². The highest BCUT2D eigenvalue weighted by Crippen LogP contribution is 2.28. The zero-order valence-corrected chi connectivity index (χ0v) is 13.9. The van der Waals surface area contributed by atoms with Crippen LogP contribution in [0.25, 0.3) is 11.0 Å². The SMILES string of the molecule is CC(c1ccccn1)n1c(NC2CCNCC2)nc2ccccc21. The van der Waals surface area contributed by atoms with Gasteiger partial charge in [0.1, 0.15) is 0 Å². The number of para-hydroxylation sites is 2. The highest BCUT2D eigenvalue weighted by Gasteiger charge is 2.21. The molecule has 2 N–H and O–H groups in total. The van der Waals surface area contributed by atoms with Crippen LogP contribution in [-0.4, -0.2) is 33.7 Å². The van der Waals surface area contributed by atoms with E-state index in [9.17, 15) is 0 Å². The Hall–Kier alpha value is -2.40. The Morgan fingerprint density at radius 2 is 1.92 bits per heavy atom. The number of imidazole rings is 1. The van der Waals surface area contributed by atoms with Crippen molar-refractivity contribution in [1.82, 2.24) is 19.9 Å². The van der Waals surface area contributed by atoms with Gasteiger partial charge in [-0.05, 0) is 57.1 Å². The van der Waals surface area contributed by atoms with Gasteiger partial charge in [-0.3, -0.25) is 4.98 Å². The van der Waals surface area contributed by atoms with E-state index in [1.165, 1.54) is 0 Å². The second-order valence-electron chi connectivity index (χ2n) is 6.39. The molecule has 2 aromatic heterocycles. The van der Waals surface area contributed by atoms with E-state index in [0.717, 1.165) is 48.6 Å². The summed E-state index contributed by atoms with van der Waals surface area (Å²) in [6.07, 6.45) is 4.10. The third-order valence-corrected chi connectivity index (χ3v) is 4.77. The zero-order valence-electron chi connectivity index (χ0n) is 13.9. The standard InChI is InChI=1S/C19H23N5/c1-14(16-6-4-5-11-21-16)24-18-8-3-2-7-17(18)23-19(24)22-15-9-12-20-13-10-15/h2-8,11,14-15,20H,9-10,12-13H2,1H3,(H,22,23). The number of pyridine rings is 1. The van der Waals surface area contributed by atoms with Crippen LogP contribution < -0.4 is 10.6 Å². The molecule has 5 heteroatoms. The van der Waals surface area contributed by atoms with E-state index < -0.39 is 0 Å². The topological polar surface area (TPSA) is 54.8 Å². The van der Waals surface area contributed by atoms with Gasteiger partial charge in [0.15, 0.2) is 0 Å². The lowest BCUT2D eigenvalue weighted by molar-refractivity contribution is 0.474. The summed E-state index contributed by atoms with van der Waals surface area (Å²) in [5.74, 6) is 0.946. The molecule has 0 saturated carbocycles. The minimum atomic E-state index is 0.128. The first-order chi connectivity index (χ1) is 11.8. The molecule has 3 heterocycles. The molecule has 1 unspecified atom stereocenters. The summed E-state index contributed by atoms with van der Waals surface area (Å²) in [6.45, 7) is 4.31. The van der Waals surface area contributed by atoms with Crippen LogP contribution in [0.4, 0.5) is 5.95 Å². The van der Waals surface area contributed by atoms with E-state index in [4.69, 9.17) is 4.98 Å². The number of fused-ring (bicyclic) bond motifs is 1. The van der Waals surface area contributed by atoms with E-state index in [-0.39, 0.29) is 6.04 Å². The summed E-state index contributed by atoms with van der Waals surface area (Å²) in [5, 5.41) is 7.09. The summed E-state index contributed by atoms with van der Waals surface area (Å²) in [4.78, 5) is 9.40. The average molecular weight is 321 g/mol. The first-order valence-electron chi connectivity index (χ1n) is 8.68. The predicted octanol–water partition coefficient (Wildman–Crippen LogP) is 3.20. The van der Waals surface area contributed by atoms with Gasteiger partial charge >= 0.3 is 0 Å². The molecule has 1 fully saturated rings. The molecule has 0 spiro atoms. The third-order valence-electron chi connectivity index (χ3n) is 4.77. The fraction of sp³-hybridized carbons (Fsp3) is 0.368. The van der Waals surface area contributed by atoms with Crippen molar-refractivity contribution < 1.29 is 0 Å². The molecule has 0 radical (unpaired) electrons.